The lowest BCUT2D eigenvalue weighted by atomic mass is 9.62. The van der Waals surface area contributed by atoms with E-state index >= 15 is 0 Å². The molecule has 0 fully saturated rings. The van der Waals surface area contributed by atoms with Crippen LogP contribution in [0.25, 0.3) is 11.6 Å². The number of fused-ring (bicyclic) bond motifs is 4. The smallest absolute Gasteiger partial charge is 0.173 e. The zero-order chi connectivity index (χ0) is 28.9. The lowest BCUT2D eigenvalue weighted by molar-refractivity contribution is -0.166. The van der Waals surface area contributed by atoms with Gasteiger partial charge in [0.15, 0.2) is 5.78 Å². The maximum Gasteiger partial charge on any atom is 0.173 e. The van der Waals surface area contributed by atoms with E-state index in [1.54, 1.807) is 12.1 Å². The van der Waals surface area contributed by atoms with Crippen molar-refractivity contribution in [2.45, 2.75) is 57.5 Å². The minimum absolute atomic E-state index is 0.131. The highest BCUT2D eigenvalue weighted by Crippen LogP contribution is 2.61. The Hall–Kier alpha value is -3.93. The first-order valence-corrected chi connectivity index (χ1v) is 14.1. The summed E-state index contributed by atoms with van der Waals surface area (Å²) in [6, 6.07) is 28.2. The zero-order valence-electron chi connectivity index (χ0n) is 23.6. The average molecular weight is 550 g/mol. The van der Waals surface area contributed by atoms with Crippen molar-refractivity contribution in [1.82, 2.24) is 4.90 Å². The molecule has 2 aliphatic rings. The fraction of sp³-hybridized carbons (Fsp3) is 0.250. The summed E-state index contributed by atoms with van der Waals surface area (Å²) >= 11 is 0. The standard InChI is InChI=1S/C36H33F2NO2/c1-22(2)39(23(3)4)35-31-12-8-7-11-30(31)32-21-25-9-5-6-10-29(25)33(34(40)24-13-17-27(37)18-14-24)36(32,41-35)26-15-19-28(38)20-16-26/h5-23,33,35H,1-4H3/t33-,35+,36-/m0/s1. The molecule has 6 rings (SSSR count). The molecule has 0 unspecified atom stereocenters. The molecule has 1 aliphatic carbocycles. The van der Waals surface area contributed by atoms with Crippen molar-refractivity contribution >= 4 is 17.4 Å². The Morgan fingerprint density at radius 1 is 0.756 bits per heavy atom. The van der Waals surface area contributed by atoms with E-state index in [1.165, 1.54) is 36.4 Å². The Morgan fingerprint density at radius 2 is 1.32 bits per heavy atom. The largest absolute Gasteiger partial charge is 0.342 e. The summed E-state index contributed by atoms with van der Waals surface area (Å²) in [5.74, 6) is -1.78. The number of carbonyl (C=O) groups is 1. The lowest BCUT2D eigenvalue weighted by Crippen LogP contribution is -2.52. The van der Waals surface area contributed by atoms with Crippen LogP contribution in [0.3, 0.4) is 0 Å². The van der Waals surface area contributed by atoms with Crippen LogP contribution in [0.15, 0.2) is 97.1 Å². The molecule has 0 N–H and O–H groups in total. The topological polar surface area (TPSA) is 29.5 Å². The van der Waals surface area contributed by atoms with Gasteiger partial charge in [0.05, 0.1) is 5.92 Å². The number of Topliss-reactive ketones (excluding diaryl/α,β-unsaturated/α-hetero) is 1. The molecule has 0 amide bonds. The number of hydrogen-bond acceptors (Lipinski definition) is 3. The summed E-state index contributed by atoms with van der Waals surface area (Å²) in [6.45, 7) is 8.55. The molecule has 4 aromatic rings. The monoisotopic (exact) mass is 549 g/mol. The first-order chi connectivity index (χ1) is 19.7. The summed E-state index contributed by atoms with van der Waals surface area (Å²) in [4.78, 5) is 17.0. The minimum Gasteiger partial charge on any atom is -0.342 e. The second-order valence-electron chi connectivity index (χ2n) is 11.4. The summed E-state index contributed by atoms with van der Waals surface area (Å²) in [6.07, 6.45) is 1.62. The van der Waals surface area contributed by atoms with Gasteiger partial charge >= 0.3 is 0 Å². The van der Waals surface area contributed by atoms with Crippen molar-refractivity contribution in [2.24, 2.45) is 0 Å². The quantitative estimate of drug-likeness (QED) is 0.226. The van der Waals surface area contributed by atoms with Crippen LogP contribution in [-0.2, 0) is 10.3 Å². The second kappa shape index (κ2) is 10.5. The van der Waals surface area contributed by atoms with Gasteiger partial charge in [0, 0.05) is 23.2 Å². The van der Waals surface area contributed by atoms with Crippen LogP contribution in [0.4, 0.5) is 8.78 Å². The van der Waals surface area contributed by atoms with E-state index in [0.717, 1.165) is 27.8 Å². The Balaban J connectivity index is 1.71. The molecule has 0 saturated heterocycles. The van der Waals surface area contributed by atoms with Crippen molar-refractivity contribution in [3.8, 4) is 0 Å². The fourth-order valence-corrected chi connectivity index (χ4v) is 6.70. The summed E-state index contributed by atoms with van der Waals surface area (Å²) < 4.78 is 35.7. The van der Waals surface area contributed by atoms with Crippen molar-refractivity contribution in [3.05, 3.63) is 142 Å². The van der Waals surface area contributed by atoms with Crippen molar-refractivity contribution in [1.29, 1.82) is 0 Å². The molecule has 0 aromatic heterocycles. The average Bonchev–Trinajstić information content (AvgIpc) is 2.96. The SMILES string of the molecule is CC(C)N(C(C)C)[C@@H]1O[C@@]2(c3ccc(F)cc3)C(=Cc3ccccc3[C@H]2C(=O)c2ccc(F)cc2)c2ccccc21. The second-order valence-corrected chi connectivity index (χ2v) is 11.4. The van der Waals surface area contributed by atoms with E-state index < -0.39 is 23.6 Å². The molecule has 5 heteroatoms. The highest BCUT2D eigenvalue weighted by atomic mass is 19.1. The third-order valence-electron chi connectivity index (χ3n) is 8.36. The Morgan fingerprint density at radius 3 is 1.95 bits per heavy atom. The van der Waals surface area contributed by atoms with E-state index in [4.69, 9.17) is 4.74 Å². The number of carbonyl (C=O) groups excluding carboxylic acids is 1. The molecule has 0 saturated carbocycles. The molecule has 4 aromatic carbocycles. The van der Waals surface area contributed by atoms with Gasteiger partial charge in [0.25, 0.3) is 0 Å². The van der Waals surface area contributed by atoms with Gasteiger partial charge in [-0.2, -0.15) is 0 Å². The van der Waals surface area contributed by atoms with Crippen LogP contribution in [0, 0.1) is 11.6 Å². The zero-order valence-corrected chi connectivity index (χ0v) is 23.6. The van der Waals surface area contributed by atoms with Crippen molar-refractivity contribution in [3.63, 3.8) is 0 Å². The van der Waals surface area contributed by atoms with Gasteiger partial charge in [-0.15, -0.1) is 0 Å². The summed E-state index contributed by atoms with van der Waals surface area (Å²) in [7, 11) is 0. The number of benzene rings is 4. The normalized spacial score (nSPS) is 21.3. The predicted octanol–water partition coefficient (Wildman–Crippen LogP) is 8.53. The van der Waals surface area contributed by atoms with Gasteiger partial charge in [-0.05, 0) is 98.0 Å². The molecule has 1 aliphatic heterocycles. The number of nitrogens with zero attached hydrogens (tertiary/aromatic N) is 1. The van der Waals surface area contributed by atoms with E-state index in [1.807, 2.05) is 36.4 Å². The fourth-order valence-electron chi connectivity index (χ4n) is 6.70. The molecular formula is C36H33F2NO2. The van der Waals surface area contributed by atoms with Crippen LogP contribution < -0.4 is 0 Å². The number of ketones is 1. The number of ether oxygens (including phenoxy) is 1. The maximum atomic E-state index is 14.7. The third kappa shape index (κ3) is 4.44. The summed E-state index contributed by atoms with van der Waals surface area (Å²) in [5.41, 5.74) is 4.38. The minimum atomic E-state index is -1.28. The Labute approximate surface area is 240 Å². The number of hydrogen-bond donors (Lipinski definition) is 0. The van der Waals surface area contributed by atoms with E-state index in [0.29, 0.717) is 11.1 Å². The predicted molar refractivity (Wildman–Crippen MR) is 158 cm³/mol. The van der Waals surface area contributed by atoms with Crippen LogP contribution in [0.2, 0.25) is 0 Å². The van der Waals surface area contributed by atoms with Gasteiger partial charge in [0.2, 0.25) is 0 Å². The maximum absolute atomic E-state index is 14.7. The molecular weight excluding hydrogens is 516 g/mol. The molecule has 3 nitrogen and oxygen atoms in total. The molecule has 0 bridgehead atoms. The van der Waals surface area contributed by atoms with Crippen molar-refractivity contribution in [2.75, 3.05) is 0 Å². The van der Waals surface area contributed by atoms with E-state index in [2.05, 4.69) is 50.8 Å². The summed E-state index contributed by atoms with van der Waals surface area (Å²) in [5, 5.41) is 0. The molecule has 3 atom stereocenters. The van der Waals surface area contributed by atoms with Crippen LogP contribution in [-0.4, -0.2) is 22.8 Å². The van der Waals surface area contributed by atoms with Gasteiger partial charge in [0.1, 0.15) is 23.5 Å². The van der Waals surface area contributed by atoms with Gasteiger partial charge in [-0.25, -0.2) is 8.78 Å². The van der Waals surface area contributed by atoms with Gasteiger partial charge < -0.3 is 4.74 Å². The highest BCUT2D eigenvalue weighted by molar-refractivity contribution is 6.07. The van der Waals surface area contributed by atoms with Crippen LogP contribution >= 0.6 is 0 Å². The molecule has 41 heavy (non-hydrogen) atoms. The van der Waals surface area contributed by atoms with E-state index in [9.17, 15) is 13.6 Å². The molecule has 0 radical (unpaired) electrons. The molecule has 208 valence electrons. The Bertz CT molecular complexity index is 1620. The Kier molecular flexibility index (Phi) is 6.96. The van der Waals surface area contributed by atoms with Crippen LogP contribution in [0.5, 0.6) is 0 Å². The first kappa shape index (κ1) is 27.3. The van der Waals surface area contributed by atoms with Crippen molar-refractivity contribution < 1.29 is 18.3 Å². The third-order valence-corrected chi connectivity index (χ3v) is 8.36. The lowest BCUT2D eigenvalue weighted by Gasteiger charge is -2.53. The van der Waals surface area contributed by atoms with Crippen LogP contribution in [0.1, 0.15) is 78.0 Å². The number of halogens is 2. The number of rotatable bonds is 6. The van der Waals surface area contributed by atoms with E-state index in [-0.39, 0.29) is 23.7 Å². The highest BCUT2D eigenvalue weighted by Gasteiger charge is 2.57. The molecule has 1 heterocycles. The van der Waals surface area contributed by atoms with Gasteiger partial charge in [-0.3, -0.25) is 9.69 Å². The van der Waals surface area contributed by atoms with Gasteiger partial charge in [-0.1, -0.05) is 60.7 Å². The molecule has 0 spiro atoms. The first-order valence-electron chi connectivity index (χ1n) is 14.1.